The van der Waals surface area contributed by atoms with E-state index in [1.807, 2.05) is 24.3 Å². The average Bonchev–Trinajstić information content (AvgIpc) is 2.71. The molecule has 1 aliphatic heterocycles. The van der Waals surface area contributed by atoms with Crippen molar-refractivity contribution >= 4 is 17.5 Å². The van der Waals surface area contributed by atoms with Crippen LogP contribution in [0.25, 0.3) is 0 Å². The van der Waals surface area contributed by atoms with Crippen LogP contribution < -0.4 is 15.0 Å². The van der Waals surface area contributed by atoms with Gasteiger partial charge in [-0.2, -0.15) is 0 Å². The lowest BCUT2D eigenvalue weighted by Crippen LogP contribution is -2.41. The van der Waals surface area contributed by atoms with Crippen LogP contribution in [0, 0.1) is 0 Å². The molecule has 1 aliphatic carbocycles. The Morgan fingerprint density at radius 1 is 1.15 bits per heavy atom. The summed E-state index contributed by atoms with van der Waals surface area (Å²) < 4.78 is 5.44. The molecule has 4 rings (SSSR count). The number of hydrogen-bond donors (Lipinski definition) is 1. The summed E-state index contributed by atoms with van der Waals surface area (Å²) in [5.74, 6) is 0.943. The van der Waals surface area contributed by atoms with Crippen molar-refractivity contribution < 1.29 is 14.3 Å². The normalized spacial score (nSPS) is 18.3. The third-order valence-corrected chi connectivity index (χ3v) is 5.41. The Bertz CT molecular complexity index is 849. The number of para-hydroxylation sites is 2. The van der Waals surface area contributed by atoms with Crippen molar-refractivity contribution in [1.29, 1.82) is 0 Å². The van der Waals surface area contributed by atoms with Crippen molar-refractivity contribution in [3.63, 3.8) is 0 Å². The quantitative estimate of drug-likeness (QED) is 0.887. The van der Waals surface area contributed by atoms with Gasteiger partial charge in [0.05, 0.1) is 5.69 Å². The Morgan fingerprint density at radius 3 is 2.89 bits per heavy atom. The zero-order chi connectivity index (χ0) is 18.6. The number of benzene rings is 2. The van der Waals surface area contributed by atoms with Gasteiger partial charge in [0.25, 0.3) is 5.91 Å². The van der Waals surface area contributed by atoms with Gasteiger partial charge < -0.3 is 15.0 Å². The molecule has 2 aromatic rings. The van der Waals surface area contributed by atoms with Crippen molar-refractivity contribution in [3.8, 4) is 5.75 Å². The van der Waals surface area contributed by atoms with Gasteiger partial charge in [-0.1, -0.05) is 36.4 Å². The Balaban J connectivity index is 1.33. The lowest BCUT2D eigenvalue weighted by atomic mass is 9.83. The number of aryl methyl sites for hydroxylation is 1. The van der Waals surface area contributed by atoms with Crippen LogP contribution in [-0.4, -0.2) is 31.5 Å². The van der Waals surface area contributed by atoms with Gasteiger partial charge in [-0.15, -0.1) is 0 Å². The molecule has 0 saturated heterocycles. The molecular formula is C22H24N2O3. The van der Waals surface area contributed by atoms with Gasteiger partial charge in [-0.25, -0.2) is 0 Å². The van der Waals surface area contributed by atoms with Crippen molar-refractivity contribution in [2.24, 2.45) is 0 Å². The van der Waals surface area contributed by atoms with Gasteiger partial charge in [0.15, 0.2) is 6.61 Å². The molecule has 0 unspecified atom stereocenters. The zero-order valence-corrected chi connectivity index (χ0v) is 15.3. The topological polar surface area (TPSA) is 58.6 Å². The van der Waals surface area contributed by atoms with Crippen LogP contribution in [0.4, 0.5) is 5.69 Å². The van der Waals surface area contributed by atoms with Gasteiger partial charge in [-0.3, -0.25) is 9.59 Å². The van der Waals surface area contributed by atoms with E-state index in [9.17, 15) is 9.59 Å². The second kappa shape index (κ2) is 7.82. The highest BCUT2D eigenvalue weighted by Crippen LogP contribution is 2.32. The van der Waals surface area contributed by atoms with Gasteiger partial charge in [-0.05, 0) is 42.5 Å². The van der Waals surface area contributed by atoms with E-state index >= 15 is 0 Å². The van der Waals surface area contributed by atoms with Gasteiger partial charge in [0.1, 0.15) is 5.75 Å². The summed E-state index contributed by atoms with van der Waals surface area (Å²) in [6, 6.07) is 15.9. The molecule has 5 heteroatoms. The van der Waals surface area contributed by atoms with Crippen LogP contribution in [0.5, 0.6) is 5.75 Å². The highest BCUT2D eigenvalue weighted by molar-refractivity contribution is 5.98. The number of nitrogens with one attached hydrogen (secondary N) is 1. The van der Waals surface area contributed by atoms with Crippen LogP contribution in [-0.2, 0) is 16.0 Å². The van der Waals surface area contributed by atoms with E-state index in [2.05, 4.69) is 29.6 Å². The second-order valence-corrected chi connectivity index (χ2v) is 7.14. The molecule has 0 radical (unpaired) electrons. The first-order chi connectivity index (χ1) is 13.2. The fourth-order valence-electron chi connectivity index (χ4n) is 4.00. The number of nitrogens with zero attached hydrogens (tertiary/aromatic N) is 1. The summed E-state index contributed by atoms with van der Waals surface area (Å²) in [5, 5.41) is 3.06. The Kier molecular flexibility index (Phi) is 5.10. The van der Waals surface area contributed by atoms with Gasteiger partial charge in [0, 0.05) is 25.4 Å². The van der Waals surface area contributed by atoms with Crippen LogP contribution in [0.15, 0.2) is 48.5 Å². The minimum atomic E-state index is -0.109. The Morgan fingerprint density at radius 2 is 1.96 bits per heavy atom. The van der Waals surface area contributed by atoms with E-state index in [0.29, 0.717) is 24.8 Å². The third kappa shape index (κ3) is 3.82. The van der Waals surface area contributed by atoms with Crippen molar-refractivity contribution in [2.75, 3.05) is 24.6 Å². The molecule has 0 bridgehead atoms. The highest BCUT2D eigenvalue weighted by atomic mass is 16.5. The molecule has 0 aromatic heterocycles. The van der Waals surface area contributed by atoms with E-state index in [0.717, 1.165) is 24.9 Å². The molecule has 2 aromatic carbocycles. The van der Waals surface area contributed by atoms with E-state index < -0.39 is 0 Å². The standard InChI is InChI=1S/C22H24N2O3/c25-21(23-14-17-8-5-7-16-6-1-2-9-18(16)17)12-13-24-19-10-3-4-11-20(19)27-15-22(24)26/h1-4,6,9-11,17H,5,7-8,12-15H2,(H,23,25)/t17-/m0/s1. The number of carbonyl (C=O) groups is 2. The van der Waals surface area contributed by atoms with Crippen LogP contribution in [0.1, 0.15) is 36.3 Å². The molecule has 2 amide bonds. The molecule has 5 nitrogen and oxygen atoms in total. The second-order valence-electron chi connectivity index (χ2n) is 7.14. The number of anilines is 1. The number of ether oxygens (including phenoxy) is 1. The summed E-state index contributed by atoms with van der Waals surface area (Å²) in [6.07, 6.45) is 3.68. The molecule has 0 saturated carbocycles. The van der Waals surface area contributed by atoms with E-state index in [4.69, 9.17) is 4.74 Å². The molecule has 27 heavy (non-hydrogen) atoms. The largest absolute Gasteiger partial charge is 0.482 e. The van der Waals surface area contributed by atoms with Crippen molar-refractivity contribution in [1.82, 2.24) is 5.32 Å². The predicted octanol–water partition coefficient (Wildman–Crippen LogP) is 3.04. The number of hydrogen-bond acceptors (Lipinski definition) is 3. The monoisotopic (exact) mass is 364 g/mol. The van der Waals surface area contributed by atoms with Gasteiger partial charge in [0.2, 0.25) is 5.91 Å². The maximum atomic E-state index is 12.4. The first kappa shape index (κ1) is 17.6. The maximum absolute atomic E-state index is 12.4. The first-order valence-electron chi connectivity index (χ1n) is 9.59. The summed E-state index contributed by atoms with van der Waals surface area (Å²) in [6.45, 7) is 1.05. The summed E-state index contributed by atoms with van der Waals surface area (Å²) in [4.78, 5) is 26.2. The summed E-state index contributed by atoms with van der Waals surface area (Å²) in [5.41, 5.74) is 3.50. The van der Waals surface area contributed by atoms with Crippen molar-refractivity contribution in [3.05, 3.63) is 59.7 Å². The summed E-state index contributed by atoms with van der Waals surface area (Å²) >= 11 is 0. The Labute approximate surface area is 159 Å². The maximum Gasteiger partial charge on any atom is 0.265 e. The fraction of sp³-hybridized carbons (Fsp3) is 0.364. The molecule has 140 valence electrons. The lowest BCUT2D eigenvalue weighted by molar-refractivity contribution is -0.122. The van der Waals surface area contributed by atoms with E-state index in [1.165, 1.54) is 11.1 Å². The summed E-state index contributed by atoms with van der Waals surface area (Å²) in [7, 11) is 0. The van der Waals surface area contributed by atoms with E-state index in [1.54, 1.807) is 4.90 Å². The molecule has 1 N–H and O–H groups in total. The average molecular weight is 364 g/mol. The molecule has 0 fully saturated rings. The van der Waals surface area contributed by atoms with Crippen LogP contribution >= 0.6 is 0 Å². The lowest BCUT2D eigenvalue weighted by Gasteiger charge is -2.29. The number of rotatable bonds is 5. The number of amides is 2. The predicted molar refractivity (Wildman–Crippen MR) is 104 cm³/mol. The Hall–Kier alpha value is -2.82. The molecule has 0 spiro atoms. The minimum Gasteiger partial charge on any atom is -0.482 e. The number of carbonyl (C=O) groups excluding carboxylic acids is 2. The SMILES string of the molecule is O=C(CCN1C(=O)COc2ccccc21)NC[C@@H]1CCCc2ccccc21. The van der Waals surface area contributed by atoms with Crippen LogP contribution in [0.3, 0.4) is 0 Å². The van der Waals surface area contributed by atoms with Crippen molar-refractivity contribution in [2.45, 2.75) is 31.6 Å². The minimum absolute atomic E-state index is 0.0187. The van der Waals surface area contributed by atoms with Crippen LogP contribution in [0.2, 0.25) is 0 Å². The smallest absolute Gasteiger partial charge is 0.265 e. The highest BCUT2D eigenvalue weighted by Gasteiger charge is 2.26. The first-order valence-corrected chi connectivity index (χ1v) is 9.59. The zero-order valence-electron chi connectivity index (χ0n) is 15.3. The fourth-order valence-corrected chi connectivity index (χ4v) is 4.00. The molecule has 2 aliphatic rings. The molecule has 1 atom stereocenters. The molecular weight excluding hydrogens is 340 g/mol. The molecule has 1 heterocycles. The third-order valence-electron chi connectivity index (χ3n) is 5.41. The van der Waals surface area contributed by atoms with E-state index in [-0.39, 0.29) is 24.8 Å². The van der Waals surface area contributed by atoms with Gasteiger partial charge >= 0.3 is 0 Å². The number of fused-ring (bicyclic) bond motifs is 2.